The largest absolute Gasteiger partial charge is 0.353 e. The molecule has 3 rings (SSSR count). The van der Waals surface area contributed by atoms with Gasteiger partial charge in [-0.2, -0.15) is 0 Å². The zero-order valence-corrected chi connectivity index (χ0v) is 17.5. The third kappa shape index (κ3) is 5.14. The summed E-state index contributed by atoms with van der Waals surface area (Å²) in [6.07, 6.45) is 2.01. The van der Waals surface area contributed by atoms with E-state index in [1.165, 1.54) is 11.8 Å². The van der Waals surface area contributed by atoms with Crippen molar-refractivity contribution >= 4 is 29.3 Å². The van der Waals surface area contributed by atoms with E-state index in [1.54, 1.807) is 0 Å². The highest BCUT2D eigenvalue weighted by molar-refractivity contribution is 7.99. The Morgan fingerprint density at radius 1 is 1.14 bits per heavy atom. The van der Waals surface area contributed by atoms with Gasteiger partial charge in [-0.25, -0.2) is 0 Å². The molecule has 0 saturated carbocycles. The Kier molecular flexibility index (Phi) is 7.12. The normalized spacial score (nSPS) is 12.0. The fourth-order valence-electron chi connectivity index (χ4n) is 2.91. The topological polar surface area (TPSA) is 59.8 Å². The van der Waals surface area contributed by atoms with Crippen LogP contribution in [-0.4, -0.2) is 32.5 Å². The molecule has 0 saturated heterocycles. The number of carbonyl (C=O) groups is 1. The Labute approximate surface area is 174 Å². The lowest BCUT2D eigenvalue weighted by atomic mass is 10.2. The summed E-state index contributed by atoms with van der Waals surface area (Å²) in [6, 6.07) is 17.6. The van der Waals surface area contributed by atoms with Crippen LogP contribution in [0.5, 0.6) is 0 Å². The minimum Gasteiger partial charge on any atom is -0.353 e. The number of aromatic nitrogens is 3. The summed E-state index contributed by atoms with van der Waals surface area (Å²) in [5, 5.41) is 13.1. The molecular formula is C21H23ClN4OS. The Hall–Kier alpha value is -2.31. The smallest absolute Gasteiger partial charge is 0.230 e. The first-order valence-electron chi connectivity index (χ1n) is 9.27. The van der Waals surface area contributed by atoms with Gasteiger partial charge < -0.3 is 5.32 Å². The number of rotatable bonds is 8. The van der Waals surface area contributed by atoms with Crippen LogP contribution in [0.3, 0.4) is 0 Å². The van der Waals surface area contributed by atoms with Crippen molar-refractivity contribution in [3.63, 3.8) is 0 Å². The first-order valence-corrected chi connectivity index (χ1v) is 10.6. The molecule has 0 aliphatic carbocycles. The van der Waals surface area contributed by atoms with Crippen LogP contribution in [0, 0.1) is 0 Å². The van der Waals surface area contributed by atoms with Crippen LogP contribution in [0.4, 0.5) is 0 Å². The van der Waals surface area contributed by atoms with E-state index in [0.717, 1.165) is 24.1 Å². The van der Waals surface area contributed by atoms with Crippen LogP contribution in [0.1, 0.15) is 26.7 Å². The zero-order chi connectivity index (χ0) is 19.9. The van der Waals surface area contributed by atoms with E-state index in [2.05, 4.69) is 22.4 Å². The van der Waals surface area contributed by atoms with Crippen LogP contribution in [0.2, 0.25) is 5.02 Å². The van der Waals surface area contributed by atoms with E-state index in [-0.39, 0.29) is 11.9 Å². The standard InChI is InChI=1S/C21H23ClN4OS/c1-3-7-15(2)23-19(27)14-28-21-25-24-20(16-10-12-17(22)13-11-16)26(21)18-8-5-4-6-9-18/h4-6,8-13,15H,3,7,14H2,1-2H3,(H,23,27). The van der Waals surface area contributed by atoms with E-state index in [4.69, 9.17) is 11.6 Å². The summed E-state index contributed by atoms with van der Waals surface area (Å²) in [6.45, 7) is 4.13. The Bertz CT molecular complexity index is 912. The summed E-state index contributed by atoms with van der Waals surface area (Å²) < 4.78 is 1.97. The molecule has 1 amide bonds. The first kappa shape index (κ1) is 20.4. The highest BCUT2D eigenvalue weighted by atomic mass is 35.5. The van der Waals surface area contributed by atoms with Crippen molar-refractivity contribution in [1.29, 1.82) is 0 Å². The lowest BCUT2D eigenvalue weighted by Crippen LogP contribution is -2.33. The van der Waals surface area contributed by atoms with E-state index in [1.807, 2.05) is 66.1 Å². The average Bonchev–Trinajstić information content (AvgIpc) is 3.12. The van der Waals surface area contributed by atoms with E-state index in [0.29, 0.717) is 21.8 Å². The first-order chi connectivity index (χ1) is 13.6. The van der Waals surface area contributed by atoms with Crippen LogP contribution in [-0.2, 0) is 4.79 Å². The number of halogens is 1. The molecule has 0 radical (unpaired) electrons. The molecule has 0 aliphatic heterocycles. The van der Waals surface area contributed by atoms with Crippen LogP contribution in [0.15, 0.2) is 59.8 Å². The SMILES string of the molecule is CCCC(C)NC(=O)CSc1nnc(-c2ccc(Cl)cc2)n1-c1ccccc1. The quantitative estimate of drug-likeness (QED) is 0.528. The van der Waals surface area contributed by atoms with Crippen molar-refractivity contribution in [2.45, 2.75) is 37.9 Å². The number of amides is 1. The zero-order valence-electron chi connectivity index (χ0n) is 15.9. The van der Waals surface area contributed by atoms with Crippen molar-refractivity contribution in [1.82, 2.24) is 20.1 Å². The van der Waals surface area contributed by atoms with Gasteiger partial charge in [-0.15, -0.1) is 10.2 Å². The van der Waals surface area contributed by atoms with Gasteiger partial charge in [-0.3, -0.25) is 9.36 Å². The van der Waals surface area contributed by atoms with Gasteiger partial charge in [0.05, 0.1) is 5.75 Å². The molecule has 3 aromatic rings. The minimum atomic E-state index is 0.00149. The van der Waals surface area contributed by atoms with Crippen molar-refractivity contribution in [3.05, 3.63) is 59.6 Å². The maximum absolute atomic E-state index is 12.3. The lowest BCUT2D eigenvalue weighted by molar-refractivity contribution is -0.119. The van der Waals surface area contributed by atoms with Crippen molar-refractivity contribution in [3.8, 4) is 17.1 Å². The number of benzene rings is 2. The Morgan fingerprint density at radius 2 is 1.86 bits per heavy atom. The lowest BCUT2D eigenvalue weighted by Gasteiger charge is -2.13. The number of para-hydroxylation sites is 1. The van der Waals surface area contributed by atoms with Crippen molar-refractivity contribution in [2.24, 2.45) is 0 Å². The summed E-state index contributed by atoms with van der Waals surface area (Å²) in [4.78, 5) is 12.3. The second kappa shape index (κ2) is 9.75. The summed E-state index contributed by atoms with van der Waals surface area (Å²) in [5.74, 6) is 1.01. The highest BCUT2D eigenvalue weighted by Gasteiger charge is 2.17. The molecule has 1 aromatic heterocycles. The van der Waals surface area contributed by atoms with Crippen LogP contribution < -0.4 is 5.32 Å². The molecule has 0 bridgehead atoms. The molecule has 1 heterocycles. The average molecular weight is 415 g/mol. The molecule has 0 fully saturated rings. The molecule has 1 N–H and O–H groups in total. The van der Waals surface area contributed by atoms with Crippen LogP contribution in [0.25, 0.3) is 17.1 Å². The maximum atomic E-state index is 12.3. The third-order valence-electron chi connectivity index (χ3n) is 4.21. The molecule has 0 spiro atoms. The molecule has 1 unspecified atom stereocenters. The second-order valence-corrected chi connectivity index (χ2v) is 7.91. The van der Waals surface area contributed by atoms with Gasteiger partial charge in [0, 0.05) is 22.3 Å². The second-order valence-electron chi connectivity index (χ2n) is 6.53. The Balaban J connectivity index is 1.85. The molecule has 0 aliphatic rings. The molecular weight excluding hydrogens is 392 g/mol. The summed E-state index contributed by atoms with van der Waals surface area (Å²) in [5.41, 5.74) is 1.85. The number of nitrogens with one attached hydrogen (secondary N) is 1. The van der Waals surface area contributed by atoms with Crippen molar-refractivity contribution < 1.29 is 4.79 Å². The maximum Gasteiger partial charge on any atom is 0.230 e. The van der Waals surface area contributed by atoms with Gasteiger partial charge in [-0.05, 0) is 49.7 Å². The van der Waals surface area contributed by atoms with Gasteiger partial charge in [0.2, 0.25) is 5.91 Å². The van der Waals surface area contributed by atoms with Gasteiger partial charge >= 0.3 is 0 Å². The van der Waals surface area contributed by atoms with Gasteiger partial charge in [0.25, 0.3) is 0 Å². The molecule has 7 heteroatoms. The van der Waals surface area contributed by atoms with Gasteiger partial charge in [-0.1, -0.05) is 54.9 Å². The van der Waals surface area contributed by atoms with Gasteiger partial charge in [0.1, 0.15) is 0 Å². The third-order valence-corrected chi connectivity index (χ3v) is 5.39. The monoisotopic (exact) mass is 414 g/mol. The summed E-state index contributed by atoms with van der Waals surface area (Å²) in [7, 11) is 0. The molecule has 1 atom stereocenters. The van der Waals surface area contributed by atoms with E-state index in [9.17, 15) is 4.79 Å². The van der Waals surface area contributed by atoms with Crippen LogP contribution >= 0.6 is 23.4 Å². The fourth-order valence-corrected chi connectivity index (χ4v) is 3.80. The molecule has 28 heavy (non-hydrogen) atoms. The van der Waals surface area contributed by atoms with Gasteiger partial charge in [0.15, 0.2) is 11.0 Å². The highest BCUT2D eigenvalue weighted by Crippen LogP contribution is 2.28. The molecule has 2 aromatic carbocycles. The number of thioether (sulfide) groups is 1. The predicted molar refractivity (Wildman–Crippen MR) is 115 cm³/mol. The summed E-state index contributed by atoms with van der Waals surface area (Å²) >= 11 is 7.40. The van der Waals surface area contributed by atoms with E-state index < -0.39 is 0 Å². The molecule has 5 nitrogen and oxygen atoms in total. The predicted octanol–water partition coefficient (Wildman–Crippen LogP) is 4.98. The number of hydrogen-bond acceptors (Lipinski definition) is 4. The number of hydrogen-bond donors (Lipinski definition) is 1. The van der Waals surface area contributed by atoms with E-state index >= 15 is 0 Å². The number of nitrogens with zero attached hydrogens (tertiary/aromatic N) is 3. The Morgan fingerprint density at radius 3 is 2.54 bits per heavy atom. The minimum absolute atomic E-state index is 0.00149. The molecule has 146 valence electrons. The van der Waals surface area contributed by atoms with Crippen molar-refractivity contribution in [2.75, 3.05) is 5.75 Å². The number of carbonyl (C=O) groups excluding carboxylic acids is 1. The fraction of sp³-hybridized carbons (Fsp3) is 0.286.